The summed E-state index contributed by atoms with van der Waals surface area (Å²) in [5.74, 6) is 0. The molecular weight excluding hydrogens is 222 g/mol. The summed E-state index contributed by atoms with van der Waals surface area (Å²) in [4.78, 5) is 2.18. The van der Waals surface area contributed by atoms with Gasteiger partial charge in [-0.15, -0.1) is 0 Å². The molecule has 2 atom stereocenters. The second-order valence-corrected chi connectivity index (χ2v) is 6.43. The van der Waals surface area contributed by atoms with Gasteiger partial charge in [-0.05, 0) is 63.0 Å². The maximum atomic E-state index is 10.7. The smallest absolute Gasteiger partial charge is 0.0858 e. The van der Waals surface area contributed by atoms with Gasteiger partial charge in [-0.3, -0.25) is 0 Å². The quantitative estimate of drug-likeness (QED) is 0.868. The summed E-state index contributed by atoms with van der Waals surface area (Å²) in [6.45, 7) is 7.41. The molecule has 2 heteroatoms. The molecule has 0 spiro atoms. The van der Waals surface area contributed by atoms with Gasteiger partial charge >= 0.3 is 0 Å². The van der Waals surface area contributed by atoms with Crippen LogP contribution in [0, 0.1) is 19.3 Å². The van der Waals surface area contributed by atoms with Gasteiger partial charge in [-0.25, -0.2) is 0 Å². The number of aliphatic hydroxyl groups excluding tert-OH is 1. The lowest BCUT2D eigenvalue weighted by atomic mass is 9.69. The highest BCUT2D eigenvalue weighted by Gasteiger charge is 2.38. The molecule has 0 radical (unpaired) electrons. The topological polar surface area (TPSA) is 23.5 Å². The third-order valence-corrected chi connectivity index (χ3v) is 4.35. The minimum absolute atomic E-state index is 0.0296. The molecule has 100 valence electrons. The Labute approximate surface area is 111 Å². The summed E-state index contributed by atoms with van der Waals surface area (Å²) in [7, 11) is 4.15. The van der Waals surface area contributed by atoms with E-state index >= 15 is 0 Å². The highest BCUT2D eigenvalue weighted by Crippen LogP contribution is 2.44. The van der Waals surface area contributed by atoms with Crippen molar-refractivity contribution in [2.24, 2.45) is 5.41 Å². The van der Waals surface area contributed by atoms with Crippen molar-refractivity contribution in [3.05, 3.63) is 34.4 Å². The zero-order valence-corrected chi connectivity index (χ0v) is 12.2. The molecule has 0 saturated heterocycles. The van der Waals surface area contributed by atoms with Crippen LogP contribution in [0.15, 0.2) is 12.1 Å². The molecule has 2 unspecified atom stereocenters. The van der Waals surface area contributed by atoms with Gasteiger partial charge in [-0.1, -0.05) is 19.1 Å². The maximum absolute atomic E-state index is 10.7. The van der Waals surface area contributed by atoms with Crippen LogP contribution in [0.25, 0.3) is 0 Å². The Morgan fingerprint density at radius 3 is 2.50 bits per heavy atom. The van der Waals surface area contributed by atoms with E-state index in [1.165, 1.54) is 16.7 Å². The number of rotatable bonds is 2. The van der Waals surface area contributed by atoms with Crippen LogP contribution >= 0.6 is 0 Å². The Morgan fingerprint density at radius 1 is 1.28 bits per heavy atom. The molecule has 2 nitrogen and oxygen atoms in total. The van der Waals surface area contributed by atoms with Gasteiger partial charge in [-0.2, -0.15) is 0 Å². The van der Waals surface area contributed by atoms with Crippen LogP contribution < -0.4 is 0 Å². The number of hydrogen-bond acceptors (Lipinski definition) is 2. The van der Waals surface area contributed by atoms with Crippen LogP contribution in [-0.2, 0) is 6.42 Å². The van der Waals surface area contributed by atoms with E-state index in [0.717, 1.165) is 24.9 Å². The van der Waals surface area contributed by atoms with Crippen LogP contribution in [0.4, 0.5) is 0 Å². The van der Waals surface area contributed by atoms with Crippen LogP contribution in [0.3, 0.4) is 0 Å². The second kappa shape index (κ2) is 4.67. The first-order valence-electron chi connectivity index (χ1n) is 6.76. The highest BCUT2D eigenvalue weighted by molar-refractivity contribution is 5.41. The number of fused-ring (bicyclic) bond motifs is 1. The molecular formula is C16H25NO. The molecule has 0 fully saturated rings. The highest BCUT2D eigenvalue weighted by atomic mass is 16.3. The fourth-order valence-corrected chi connectivity index (χ4v) is 3.19. The van der Waals surface area contributed by atoms with Gasteiger partial charge in [0.1, 0.15) is 0 Å². The molecule has 1 aliphatic carbocycles. The van der Waals surface area contributed by atoms with E-state index in [0.29, 0.717) is 0 Å². The average molecular weight is 247 g/mol. The van der Waals surface area contributed by atoms with Gasteiger partial charge in [0, 0.05) is 12.0 Å². The standard InChI is InChI=1S/C16H25NO/c1-11-8-13-6-7-16(3,10-17(4)5)15(18)14(13)9-12(11)2/h8-9,15,18H,6-7,10H2,1-5H3. The Balaban J connectivity index is 2.38. The molecule has 0 saturated carbocycles. The maximum Gasteiger partial charge on any atom is 0.0858 e. The molecule has 0 bridgehead atoms. The number of aryl methyl sites for hydroxylation is 3. The van der Waals surface area contributed by atoms with E-state index in [-0.39, 0.29) is 11.5 Å². The summed E-state index contributed by atoms with van der Waals surface area (Å²) in [6.07, 6.45) is 1.79. The summed E-state index contributed by atoms with van der Waals surface area (Å²) in [5.41, 5.74) is 5.06. The zero-order valence-electron chi connectivity index (χ0n) is 12.2. The molecule has 1 aliphatic rings. The van der Waals surface area contributed by atoms with E-state index in [1.807, 2.05) is 0 Å². The molecule has 18 heavy (non-hydrogen) atoms. The van der Waals surface area contributed by atoms with Gasteiger partial charge in [0.05, 0.1) is 6.10 Å². The van der Waals surface area contributed by atoms with Gasteiger partial charge in [0.25, 0.3) is 0 Å². The number of benzene rings is 1. The van der Waals surface area contributed by atoms with E-state index < -0.39 is 0 Å². The molecule has 0 aromatic heterocycles. The van der Waals surface area contributed by atoms with Gasteiger partial charge in [0.15, 0.2) is 0 Å². The largest absolute Gasteiger partial charge is 0.388 e. The Morgan fingerprint density at radius 2 is 1.89 bits per heavy atom. The molecule has 2 rings (SSSR count). The predicted octanol–water partition coefficient (Wildman–Crippen LogP) is 2.85. The van der Waals surface area contributed by atoms with E-state index in [4.69, 9.17) is 0 Å². The number of hydrogen-bond donors (Lipinski definition) is 1. The fraction of sp³-hybridized carbons (Fsp3) is 0.625. The van der Waals surface area contributed by atoms with Crippen molar-refractivity contribution in [3.8, 4) is 0 Å². The third kappa shape index (κ3) is 2.32. The molecule has 0 amide bonds. The third-order valence-electron chi connectivity index (χ3n) is 4.35. The monoisotopic (exact) mass is 247 g/mol. The Kier molecular flexibility index (Phi) is 3.52. The molecule has 1 aromatic carbocycles. The lowest BCUT2D eigenvalue weighted by Gasteiger charge is -2.41. The molecule has 0 heterocycles. The lowest BCUT2D eigenvalue weighted by Crippen LogP contribution is -2.39. The normalized spacial score (nSPS) is 27.4. The van der Waals surface area contributed by atoms with E-state index in [1.54, 1.807) is 0 Å². The van der Waals surface area contributed by atoms with Crippen molar-refractivity contribution in [1.29, 1.82) is 0 Å². The lowest BCUT2D eigenvalue weighted by molar-refractivity contribution is 0.00279. The summed E-state index contributed by atoms with van der Waals surface area (Å²) < 4.78 is 0. The summed E-state index contributed by atoms with van der Waals surface area (Å²) in [5, 5.41) is 10.7. The predicted molar refractivity (Wildman–Crippen MR) is 75.9 cm³/mol. The van der Waals surface area contributed by atoms with Crippen molar-refractivity contribution >= 4 is 0 Å². The number of nitrogens with zero attached hydrogens (tertiary/aromatic N) is 1. The number of aliphatic hydroxyl groups is 1. The zero-order chi connectivity index (χ0) is 13.5. The first-order chi connectivity index (χ1) is 8.33. The van der Waals surface area contributed by atoms with Crippen LogP contribution in [-0.4, -0.2) is 30.6 Å². The Bertz CT molecular complexity index is 453. The molecule has 1 aromatic rings. The van der Waals surface area contributed by atoms with Crippen molar-refractivity contribution < 1.29 is 5.11 Å². The molecule has 0 aliphatic heterocycles. The van der Waals surface area contributed by atoms with E-state index in [9.17, 15) is 5.11 Å². The first kappa shape index (κ1) is 13.6. The van der Waals surface area contributed by atoms with Crippen molar-refractivity contribution in [3.63, 3.8) is 0 Å². The SMILES string of the molecule is Cc1cc2c(cc1C)C(O)C(C)(CN(C)C)CC2. The van der Waals surface area contributed by atoms with Crippen molar-refractivity contribution in [2.45, 2.75) is 39.7 Å². The van der Waals surface area contributed by atoms with Crippen LogP contribution in [0.2, 0.25) is 0 Å². The van der Waals surface area contributed by atoms with Gasteiger partial charge < -0.3 is 10.0 Å². The molecule has 1 N–H and O–H groups in total. The fourth-order valence-electron chi connectivity index (χ4n) is 3.19. The van der Waals surface area contributed by atoms with Gasteiger partial charge in [0.2, 0.25) is 0 Å². The van der Waals surface area contributed by atoms with Crippen molar-refractivity contribution in [2.75, 3.05) is 20.6 Å². The summed E-state index contributed by atoms with van der Waals surface area (Å²) in [6, 6.07) is 4.44. The first-order valence-corrected chi connectivity index (χ1v) is 6.76. The Hall–Kier alpha value is -0.860. The second-order valence-electron chi connectivity index (χ2n) is 6.43. The van der Waals surface area contributed by atoms with E-state index in [2.05, 4.69) is 51.9 Å². The minimum Gasteiger partial charge on any atom is -0.388 e. The summed E-state index contributed by atoms with van der Waals surface area (Å²) >= 11 is 0. The van der Waals surface area contributed by atoms with Crippen LogP contribution in [0.1, 0.15) is 41.7 Å². The minimum atomic E-state index is -0.344. The van der Waals surface area contributed by atoms with Crippen molar-refractivity contribution in [1.82, 2.24) is 4.90 Å². The average Bonchev–Trinajstić information content (AvgIpc) is 2.26. The van der Waals surface area contributed by atoms with Crippen LogP contribution in [0.5, 0.6) is 0 Å².